The molecular formula is C17H26N2O. The van der Waals surface area contributed by atoms with E-state index in [4.69, 9.17) is 0 Å². The van der Waals surface area contributed by atoms with E-state index in [0.717, 1.165) is 37.2 Å². The van der Waals surface area contributed by atoms with Gasteiger partial charge in [-0.25, -0.2) is 0 Å². The average Bonchev–Trinajstić information content (AvgIpc) is 2.45. The van der Waals surface area contributed by atoms with Crippen LogP contribution in [-0.4, -0.2) is 36.5 Å². The molecule has 1 atom stereocenters. The van der Waals surface area contributed by atoms with E-state index < -0.39 is 0 Å². The highest BCUT2D eigenvalue weighted by Crippen LogP contribution is 2.19. The van der Waals surface area contributed by atoms with Crippen molar-refractivity contribution in [3.63, 3.8) is 0 Å². The van der Waals surface area contributed by atoms with Gasteiger partial charge in [0.05, 0.1) is 0 Å². The van der Waals surface area contributed by atoms with E-state index in [2.05, 4.69) is 19.2 Å². The molecule has 3 heteroatoms. The fourth-order valence-electron chi connectivity index (χ4n) is 2.80. The van der Waals surface area contributed by atoms with Crippen molar-refractivity contribution in [2.45, 2.75) is 39.7 Å². The summed E-state index contributed by atoms with van der Waals surface area (Å²) in [6.07, 6.45) is 2.33. The lowest BCUT2D eigenvalue weighted by Gasteiger charge is -2.33. The minimum atomic E-state index is 0.192. The summed E-state index contributed by atoms with van der Waals surface area (Å²) in [5.74, 6) is 0.775. The monoisotopic (exact) mass is 274 g/mol. The van der Waals surface area contributed by atoms with Crippen molar-refractivity contribution in [2.75, 3.05) is 19.6 Å². The Bertz CT molecular complexity index is 456. The molecule has 0 radical (unpaired) electrons. The van der Waals surface area contributed by atoms with E-state index in [1.165, 1.54) is 6.42 Å². The Kier molecular flexibility index (Phi) is 5.18. The maximum absolute atomic E-state index is 12.6. The summed E-state index contributed by atoms with van der Waals surface area (Å²) < 4.78 is 0. The van der Waals surface area contributed by atoms with E-state index in [0.29, 0.717) is 12.0 Å². The lowest BCUT2D eigenvalue weighted by molar-refractivity contribution is 0.0671. The van der Waals surface area contributed by atoms with Gasteiger partial charge >= 0.3 is 0 Å². The van der Waals surface area contributed by atoms with Gasteiger partial charge < -0.3 is 10.2 Å². The highest BCUT2D eigenvalue weighted by molar-refractivity contribution is 5.95. The average molecular weight is 274 g/mol. The second-order valence-electron chi connectivity index (χ2n) is 6.14. The lowest BCUT2D eigenvalue weighted by Crippen LogP contribution is -2.43. The molecule has 0 bridgehead atoms. The third-order valence-corrected chi connectivity index (χ3v) is 4.00. The van der Waals surface area contributed by atoms with E-state index in [1.54, 1.807) is 0 Å². The van der Waals surface area contributed by atoms with Crippen LogP contribution in [0.1, 0.15) is 42.6 Å². The predicted molar refractivity (Wildman–Crippen MR) is 82.9 cm³/mol. The third kappa shape index (κ3) is 3.83. The van der Waals surface area contributed by atoms with Crippen molar-refractivity contribution in [3.8, 4) is 0 Å². The molecule has 0 aromatic heterocycles. The Balaban J connectivity index is 1.98. The molecule has 20 heavy (non-hydrogen) atoms. The molecule has 1 N–H and O–H groups in total. The first kappa shape index (κ1) is 15.0. The molecule has 0 saturated carbocycles. The molecule has 1 aromatic carbocycles. The van der Waals surface area contributed by atoms with Gasteiger partial charge in [-0.2, -0.15) is 0 Å². The normalized spacial score (nSPS) is 19.4. The van der Waals surface area contributed by atoms with Crippen molar-refractivity contribution < 1.29 is 4.79 Å². The number of rotatable bonds is 4. The summed E-state index contributed by atoms with van der Waals surface area (Å²) in [5, 5.41) is 3.49. The first-order valence-corrected chi connectivity index (χ1v) is 7.66. The highest BCUT2D eigenvalue weighted by atomic mass is 16.2. The van der Waals surface area contributed by atoms with Crippen LogP contribution >= 0.6 is 0 Å². The first-order valence-electron chi connectivity index (χ1n) is 7.66. The zero-order valence-electron chi connectivity index (χ0n) is 12.9. The molecule has 0 spiro atoms. The van der Waals surface area contributed by atoms with Gasteiger partial charge in [0.25, 0.3) is 5.91 Å². The molecule has 110 valence electrons. The van der Waals surface area contributed by atoms with Crippen LogP contribution in [0, 0.1) is 12.8 Å². The van der Waals surface area contributed by atoms with Crippen LogP contribution in [0.4, 0.5) is 0 Å². The molecule has 1 heterocycles. The minimum Gasteiger partial charge on any atom is -0.338 e. The summed E-state index contributed by atoms with van der Waals surface area (Å²) in [4.78, 5) is 14.6. The second kappa shape index (κ2) is 6.89. The zero-order valence-corrected chi connectivity index (χ0v) is 12.9. The Morgan fingerprint density at radius 3 is 2.85 bits per heavy atom. The Labute approximate surface area is 122 Å². The molecule has 2 rings (SSSR count). The van der Waals surface area contributed by atoms with Crippen LogP contribution in [0.3, 0.4) is 0 Å². The van der Waals surface area contributed by atoms with Crippen LogP contribution in [0.5, 0.6) is 0 Å². The Morgan fingerprint density at radius 1 is 1.40 bits per heavy atom. The van der Waals surface area contributed by atoms with Crippen LogP contribution in [0.25, 0.3) is 0 Å². The van der Waals surface area contributed by atoms with Gasteiger partial charge in [0.2, 0.25) is 0 Å². The van der Waals surface area contributed by atoms with Crippen LogP contribution in [0.15, 0.2) is 24.3 Å². The number of amides is 1. The summed E-state index contributed by atoms with van der Waals surface area (Å²) in [6, 6.07) is 8.39. The molecule has 1 unspecified atom stereocenters. The van der Waals surface area contributed by atoms with Gasteiger partial charge in [0.15, 0.2) is 0 Å². The van der Waals surface area contributed by atoms with E-state index >= 15 is 0 Å². The number of likely N-dealkylation sites (tertiary alicyclic amines) is 1. The second-order valence-corrected chi connectivity index (χ2v) is 6.14. The molecule has 1 aliphatic rings. The molecular weight excluding hydrogens is 248 g/mol. The molecule has 1 saturated heterocycles. The van der Waals surface area contributed by atoms with Gasteiger partial charge in [0.1, 0.15) is 0 Å². The number of nitrogens with zero attached hydrogens (tertiary/aromatic N) is 1. The van der Waals surface area contributed by atoms with Crippen molar-refractivity contribution in [2.24, 2.45) is 5.92 Å². The van der Waals surface area contributed by atoms with Crippen LogP contribution in [0.2, 0.25) is 0 Å². The number of carbonyl (C=O) groups excluding carboxylic acids is 1. The SMILES string of the molecule is Cc1ccccc1C(=O)N1CCCC(CNC(C)C)C1. The summed E-state index contributed by atoms with van der Waals surface area (Å²) in [6.45, 7) is 9.13. The number of hydrogen-bond acceptors (Lipinski definition) is 2. The number of aryl methyl sites for hydroxylation is 1. The number of benzene rings is 1. The van der Waals surface area contributed by atoms with Crippen LogP contribution < -0.4 is 5.32 Å². The summed E-state index contributed by atoms with van der Waals surface area (Å²) in [7, 11) is 0. The predicted octanol–water partition coefficient (Wildman–Crippen LogP) is 2.85. The molecule has 1 aliphatic heterocycles. The van der Waals surface area contributed by atoms with Crippen molar-refractivity contribution in [1.82, 2.24) is 10.2 Å². The minimum absolute atomic E-state index is 0.192. The molecule has 1 amide bonds. The molecule has 0 aliphatic carbocycles. The van der Waals surface area contributed by atoms with Crippen molar-refractivity contribution in [3.05, 3.63) is 35.4 Å². The maximum atomic E-state index is 12.6. The van der Waals surface area contributed by atoms with Gasteiger partial charge in [-0.05, 0) is 43.9 Å². The Hall–Kier alpha value is -1.35. The summed E-state index contributed by atoms with van der Waals surface area (Å²) in [5.41, 5.74) is 1.92. The van der Waals surface area contributed by atoms with E-state index in [9.17, 15) is 4.79 Å². The smallest absolute Gasteiger partial charge is 0.254 e. The first-order chi connectivity index (χ1) is 9.58. The summed E-state index contributed by atoms with van der Waals surface area (Å²) >= 11 is 0. The number of nitrogens with one attached hydrogen (secondary N) is 1. The highest BCUT2D eigenvalue weighted by Gasteiger charge is 2.24. The number of piperidine rings is 1. The fourth-order valence-corrected chi connectivity index (χ4v) is 2.80. The van der Waals surface area contributed by atoms with Crippen molar-refractivity contribution >= 4 is 5.91 Å². The van der Waals surface area contributed by atoms with Gasteiger partial charge in [0, 0.05) is 24.7 Å². The van der Waals surface area contributed by atoms with Gasteiger partial charge in [-0.15, -0.1) is 0 Å². The number of hydrogen-bond donors (Lipinski definition) is 1. The molecule has 1 aromatic rings. The zero-order chi connectivity index (χ0) is 14.5. The molecule has 3 nitrogen and oxygen atoms in total. The number of carbonyl (C=O) groups is 1. The van der Waals surface area contributed by atoms with Gasteiger partial charge in [-0.3, -0.25) is 4.79 Å². The maximum Gasteiger partial charge on any atom is 0.254 e. The van der Waals surface area contributed by atoms with Crippen LogP contribution in [-0.2, 0) is 0 Å². The lowest BCUT2D eigenvalue weighted by atomic mass is 9.96. The molecule has 1 fully saturated rings. The largest absolute Gasteiger partial charge is 0.338 e. The quantitative estimate of drug-likeness (QED) is 0.915. The topological polar surface area (TPSA) is 32.3 Å². The fraction of sp³-hybridized carbons (Fsp3) is 0.588. The third-order valence-electron chi connectivity index (χ3n) is 4.00. The van der Waals surface area contributed by atoms with Gasteiger partial charge in [-0.1, -0.05) is 32.0 Å². The Morgan fingerprint density at radius 2 is 2.15 bits per heavy atom. The standard InChI is InChI=1S/C17H26N2O/c1-13(2)18-11-15-8-6-10-19(12-15)17(20)16-9-5-4-7-14(16)3/h4-5,7,9,13,15,18H,6,8,10-12H2,1-3H3. The van der Waals surface area contributed by atoms with Crippen molar-refractivity contribution in [1.29, 1.82) is 0 Å². The van der Waals surface area contributed by atoms with E-state index in [-0.39, 0.29) is 5.91 Å². The van der Waals surface area contributed by atoms with E-state index in [1.807, 2.05) is 36.1 Å².